The molecule has 0 spiro atoms. The molecule has 1 saturated heterocycles. The molecule has 6 heteroatoms. The normalized spacial score (nSPS) is 15.8. The molecule has 118 valence electrons. The summed E-state index contributed by atoms with van der Waals surface area (Å²) in [4.78, 5) is 16.5. The number of methoxy groups -OCH3 is 2. The highest BCUT2D eigenvalue weighted by atomic mass is 16.7. The predicted octanol–water partition coefficient (Wildman–Crippen LogP) is 0.935. The minimum atomic E-state index is -0.241. The molecule has 0 atom stereocenters. The van der Waals surface area contributed by atoms with Gasteiger partial charge in [0.1, 0.15) is 0 Å². The molecule has 1 heterocycles. The Labute approximate surface area is 130 Å². The summed E-state index contributed by atoms with van der Waals surface area (Å²) in [5.41, 5.74) is 1.08. The van der Waals surface area contributed by atoms with Gasteiger partial charge < -0.3 is 14.4 Å². The maximum Gasteiger partial charge on any atom is 0.253 e. The van der Waals surface area contributed by atoms with Crippen molar-refractivity contribution >= 4 is 5.91 Å². The van der Waals surface area contributed by atoms with Gasteiger partial charge in [0.15, 0.2) is 6.29 Å². The van der Waals surface area contributed by atoms with E-state index in [9.17, 15) is 4.79 Å². The van der Waals surface area contributed by atoms with E-state index in [0.717, 1.165) is 13.1 Å². The van der Waals surface area contributed by atoms with Gasteiger partial charge in [-0.15, -0.1) is 0 Å². The van der Waals surface area contributed by atoms with E-state index in [1.54, 1.807) is 38.5 Å². The first-order valence-corrected chi connectivity index (χ1v) is 7.25. The van der Waals surface area contributed by atoms with Crippen molar-refractivity contribution in [2.75, 3.05) is 46.9 Å². The Balaban J connectivity index is 1.91. The van der Waals surface area contributed by atoms with Crippen LogP contribution in [0.2, 0.25) is 0 Å². The van der Waals surface area contributed by atoms with Crippen molar-refractivity contribution in [3.05, 3.63) is 35.4 Å². The van der Waals surface area contributed by atoms with E-state index < -0.39 is 0 Å². The van der Waals surface area contributed by atoms with E-state index in [0.29, 0.717) is 30.8 Å². The van der Waals surface area contributed by atoms with Crippen LogP contribution in [0.5, 0.6) is 0 Å². The highest BCUT2D eigenvalue weighted by Gasteiger charge is 2.23. The SMILES string of the molecule is COC(CN1CCN(C(=O)c2cccc(C#N)c2)CC1)OC. The molecule has 0 aliphatic carbocycles. The molecule has 6 nitrogen and oxygen atoms in total. The Kier molecular flexibility index (Phi) is 5.90. The lowest BCUT2D eigenvalue weighted by Crippen LogP contribution is -2.50. The second-order valence-electron chi connectivity index (χ2n) is 5.19. The number of nitrogens with zero attached hydrogens (tertiary/aromatic N) is 3. The van der Waals surface area contributed by atoms with E-state index in [1.807, 2.05) is 4.90 Å². The maximum absolute atomic E-state index is 12.5. The summed E-state index contributed by atoms with van der Waals surface area (Å²) < 4.78 is 10.4. The first-order valence-electron chi connectivity index (χ1n) is 7.25. The molecule has 0 aromatic heterocycles. The summed E-state index contributed by atoms with van der Waals surface area (Å²) in [6.45, 7) is 3.59. The first kappa shape index (κ1) is 16.4. The Morgan fingerprint density at radius 1 is 1.27 bits per heavy atom. The number of carbonyl (C=O) groups is 1. The lowest BCUT2D eigenvalue weighted by atomic mass is 10.1. The number of hydrogen-bond donors (Lipinski definition) is 0. The van der Waals surface area contributed by atoms with Crippen molar-refractivity contribution in [3.8, 4) is 6.07 Å². The highest BCUT2D eigenvalue weighted by Crippen LogP contribution is 2.11. The van der Waals surface area contributed by atoms with Crippen LogP contribution >= 0.6 is 0 Å². The van der Waals surface area contributed by atoms with E-state index in [-0.39, 0.29) is 12.2 Å². The van der Waals surface area contributed by atoms with E-state index >= 15 is 0 Å². The zero-order chi connectivity index (χ0) is 15.9. The van der Waals surface area contributed by atoms with Crippen molar-refractivity contribution in [1.82, 2.24) is 9.80 Å². The molecule has 1 aliphatic heterocycles. The van der Waals surface area contributed by atoms with Crippen LogP contribution in [0.3, 0.4) is 0 Å². The molecular weight excluding hydrogens is 282 g/mol. The molecule has 0 radical (unpaired) electrons. The number of hydrogen-bond acceptors (Lipinski definition) is 5. The molecule has 1 aromatic carbocycles. The molecule has 22 heavy (non-hydrogen) atoms. The molecule has 0 saturated carbocycles. The lowest BCUT2D eigenvalue weighted by Gasteiger charge is -2.35. The number of nitriles is 1. The number of amides is 1. The minimum Gasteiger partial charge on any atom is -0.355 e. The van der Waals surface area contributed by atoms with Gasteiger partial charge in [0.2, 0.25) is 0 Å². The van der Waals surface area contributed by atoms with Gasteiger partial charge in [0, 0.05) is 52.5 Å². The Hall–Kier alpha value is -1.94. The average molecular weight is 303 g/mol. The summed E-state index contributed by atoms with van der Waals surface area (Å²) in [5.74, 6) is -0.0215. The molecular formula is C16H21N3O3. The van der Waals surface area contributed by atoms with Gasteiger partial charge >= 0.3 is 0 Å². The third-order valence-corrected chi connectivity index (χ3v) is 3.83. The predicted molar refractivity (Wildman–Crippen MR) is 81.3 cm³/mol. The molecule has 0 unspecified atom stereocenters. The van der Waals surface area contributed by atoms with Crippen molar-refractivity contribution in [1.29, 1.82) is 5.26 Å². The van der Waals surface area contributed by atoms with Gasteiger partial charge in [0.05, 0.1) is 11.6 Å². The van der Waals surface area contributed by atoms with Gasteiger partial charge in [-0.1, -0.05) is 6.07 Å². The summed E-state index contributed by atoms with van der Waals surface area (Å²) in [7, 11) is 3.24. The molecule has 0 bridgehead atoms. The van der Waals surface area contributed by atoms with Crippen LogP contribution in [0, 0.1) is 11.3 Å². The lowest BCUT2D eigenvalue weighted by molar-refractivity contribution is -0.118. The van der Waals surface area contributed by atoms with Gasteiger partial charge in [-0.2, -0.15) is 5.26 Å². The van der Waals surface area contributed by atoms with E-state index in [1.165, 1.54) is 0 Å². The van der Waals surface area contributed by atoms with Crippen molar-refractivity contribution in [3.63, 3.8) is 0 Å². The Bertz CT molecular complexity index is 544. The third-order valence-electron chi connectivity index (χ3n) is 3.83. The fraction of sp³-hybridized carbons (Fsp3) is 0.500. The van der Waals surface area contributed by atoms with Crippen LogP contribution in [0.15, 0.2) is 24.3 Å². The Morgan fingerprint density at radius 3 is 2.55 bits per heavy atom. The number of ether oxygens (including phenoxy) is 2. The molecule has 1 fully saturated rings. The third kappa shape index (κ3) is 4.04. The number of benzene rings is 1. The average Bonchev–Trinajstić information content (AvgIpc) is 2.59. The smallest absolute Gasteiger partial charge is 0.253 e. The summed E-state index contributed by atoms with van der Waals surface area (Å²) in [6, 6.07) is 8.89. The minimum absolute atomic E-state index is 0.0215. The van der Waals surface area contributed by atoms with Gasteiger partial charge in [-0.3, -0.25) is 9.69 Å². The van der Waals surface area contributed by atoms with Gasteiger partial charge in [-0.05, 0) is 18.2 Å². The van der Waals surface area contributed by atoms with Crippen LogP contribution in [0.25, 0.3) is 0 Å². The standard InChI is InChI=1S/C16H21N3O3/c1-21-15(22-2)12-18-6-8-19(9-7-18)16(20)14-5-3-4-13(10-14)11-17/h3-5,10,15H,6-9,12H2,1-2H3. The molecule has 0 N–H and O–H groups in total. The van der Waals surface area contributed by atoms with Gasteiger partial charge in [0.25, 0.3) is 5.91 Å². The van der Waals surface area contributed by atoms with Crippen molar-refractivity contribution in [2.45, 2.75) is 6.29 Å². The Morgan fingerprint density at radius 2 is 1.95 bits per heavy atom. The largest absolute Gasteiger partial charge is 0.355 e. The van der Waals surface area contributed by atoms with Crippen LogP contribution in [0.4, 0.5) is 0 Å². The second kappa shape index (κ2) is 7.90. The summed E-state index contributed by atoms with van der Waals surface area (Å²) >= 11 is 0. The van der Waals surface area contributed by atoms with Crippen LogP contribution < -0.4 is 0 Å². The first-order chi connectivity index (χ1) is 10.7. The monoisotopic (exact) mass is 303 g/mol. The van der Waals surface area contributed by atoms with Crippen LogP contribution in [0.1, 0.15) is 15.9 Å². The highest BCUT2D eigenvalue weighted by molar-refractivity contribution is 5.94. The van der Waals surface area contributed by atoms with E-state index in [4.69, 9.17) is 14.7 Å². The molecule has 1 aliphatic rings. The molecule has 1 aromatic rings. The van der Waals surface area contributed by atoms with E-state index in [2.05, 4.69) is 11.0 Å². The zero-order valence-corrected chi connectivity index (χ0v) is 13.0. The summed E-state index contributed by atoms with van der Waals surface area (Å²) in [5, 5.41) is 8.91. The quantitative estimate of drug-likeness (QED) is 0.757. The van der Waals surface area contributed by atoms with Crippen LogP contribution in [-0.2, 0) is 9.47 Å². The second-order valence-corrected chi connectivity index (χ2v) is 5.19. The fourth-order valence-corrected chi connectivity index (χ4v) is 2.49. The van der Waals surface area contributed by atoms with Crippen molar-refractivity contribution in [2.24, 2.45) is 0 Å². The number of rotatable bonds is 5. The molecule has 2 rings (SSSR count). The van der Waals surface area contributed by atoms with Crippen molar-refractivity contribution < 1.29 is 14.3 Å². The summed E-state index contributed by atoms with van der Waals surface area (Å²) in [6.07, 6.45) is -0.241. The fourth-order valence-electron chi connectivity index (χ4n) is 2.49. The zero-order valence-electron chi connectivity index (χ0n) is 13.0. The maximum atomic E-state index is 12.5. The number of piperazine rings is 1. The number of carbonyl (C=O) groups excluding carboxylic acids is 1. The van der Waals surface area contributed by atoms with Gasteiger partial charge in [-0.25, -0.2) is 0 Å². The molecule has 1 amide bonds. The van der Waals surface area contributed by atoms with Crippen LogP contribution in [-0.4, -0.2) is 68.9 Å². The topological polar surface area (TPSA) is 65.8 Å².